The summed E-state index contributed by atoms with van der Waals surface area (Å²) in [5, 5.41) is 2.67. The predicted octanol–water partition coefficient (Wildman–Crippen LogP) is 2.42. The quantitative estimate of drug-likeness (QED) is 0.832. The van der Waals surface area contributed by atoms with E-state index in [1.54, 1.807) is 20.8 Å². The topological polar surface area (TPSA) is 64.3 Å². The Balaban J connectivity index is 2.10. The monoisotopic (exact) mass is 276 g/mol. The molecule has 1 atom stereocenters. The first-order valence-corrected chi connectivity index (χ1v) is 6.67. The molecule has 0 spiro atoms. The molecular formula is C13H22F2N2O2. The molecule has 0 radical (unpaired) electrons. The van der Waals surface area contributed by atoms with Crippen molar-refractivity contribution >= 4 is 6.09 Å². The van der Waals surface area contributed by atoms with Gasteiger partial charge in [0.1, 0.15) is 5.60 Å². The Hall–Kier alpha value is -0.910. The predicted molar refractivity (Wildman–Crippen MR) is 67.0 cm³/mol. The maximum Gasteiger partial charge on any atom is 0.408 e. The van der Waals surface area contributed by atoms with Crippen LogP contribution in [0.4, 0.5) is 13.6 Å². The van der Waals surface area contributed by atoms with Crippen LogP contribution in [0.15, 0.2) is 0 Å². The molecule has 2 rings (SSSR count). The second-order valence-corrected chi connectivity index (χ2v) is 6.73. The first-order valence-electron chi connectivity index (χ1n) is 6.67. The Morgan fingerprint density at radius 1 is 1.37 bits per heavy atom. The Bertz CT molecular complexity index is 389. The molecule has 0 aromatic rings. The molecule has 6 heteroatoms. The van der Waals surface area contributed by atoms with Crippen molar-refractivity contribution in [2.45, 2.75) is 63.5 Å². The van der Waals surface area contributed by atoms with Crippen LogP contribution >= 0.6 is 0 Å². The summed E-state index contributed by atoms with van der Waals surface area (Å²) in [4.78, 5) is 11.8. The fourth-order valence-electron chi connectivity index (χ4n) is 3.02. The van der Waals surface area contributed by atoms with Crippen LogP contribution in [-0.2, 0) is 4.74 Å². The molecule has 1 amide bonds. The van der Waals surface area contributed by atoms with Gasteiger partial charge in [-0.2, -0.15) is 0 Å². The van der Waals surface area contributed by atoms with Gasteiger partial charge in [0, 0.05) is 13.0 Å². The largest absolute Gasteiger partial charge is 0.444 e. The van der Waals surface area contributed by atoms with E-state index in [1.807, 2.05) is 0 Å². The molecule has 2 fully saturated rings. The standard InChI is InChI=1S/C13H22F2N2O2/c1-10(2,3)19-9(18)17-12(5-4-6-12)11(8-16)7-13(11,14)15/h4-8,16H2,1-3H3,(H,17,18). The lowest BCUT2D eigenvalue weighted by Gasteiger charge is -2.48. The summed E-state index contributed by atoms with van der Waals surface area (Å²) in [5.74, 6) is -2.78. The summed E-state index contributed by atoms with van der Waals surface area (Å²) in [7, 11) is 0. The van der Waals surface area contributed by atoms with Crippen LogP contribution in [-0.4, -0.2) is 29.7 Å². The smallest absolute Gasteiger partial charge is 0.408 e. The summed E-state index contributed by atoms with van der Waals surface area (Å²) in [6.07, 6.45) is 1.03. The molecule has 19 heavy (non-hydrogen) atoms. The lowest BCUT2D eigenvalue weighted by atomic mass is 9.65. The molecule has 2 aliphatic carbocycles. The summed E-state index contributed by atoms with van der Waals surface area (Å²) in [5.41, 5.74) is 2.75. The van der Waals surface area contributed by atoms with Gasteiger partial charge in [0.05, 0.1) is 11.0 Å². The van der Waals surface area contributed by atoms with E-state index < -0.39 is 28.6 Å². The fourth-order valence-corrected chi connectivity index (χ4v) is 3.02. The highest BCUT2D eigenvalue weighted by Gasteiger charge is 2.80. The van der Waals surface area contributed by atoms with Crippen molar-refractivity contribution in [1.29, 1.82) is 0 Å². The molecule has 0 bridgehead atoms. The van der Waals surface area contributed by atoms with E-state index in [9.17, 15) is 13.6 Å². The number of alkyl carbamates (subject to hydrolysis) is 1. The molecule has 2 saturated carbocycles. The molecule has 4 nitrogen and oxygen atoms in total. The number of amides is 1. The number of hydrogen-bond acceptors (Lipinski definition) is 3. The van der Waals surface area contributed by atoms with Crippen molar-refractivity contribution in [3.63, 3.8) is 0 Å². The molecule has 0 aromatic heterocycles. The molecule has 0 aliphatic heterocycles. The molecule has 0 heterocycles. The van der Waals surface area contributed by atoms with Crippen molar-refractivity contribution < 1.29 is 18.3 Å². The average molecular weight is 276 g/mol. The third-order valence-corrected chi connectivity index (χ3v) is 4.31. The van der Waals surface area contributed by atoms with Crippen LogP contribution in [0.5, 0.6) is 0 Å². The number of rotatable bonds is 3. The van der Waals surface area contributed by atoms with Crippen LogP contribution in [0.1, 0.15) is 46.5 Å². The van der Waals surface area contributed by atoms with E-state index in [-0.39, 0.29) is 13.0 Å². The SMILES string of the molecule is CC(C)(C)OC(=O)NC1(C2(CN)CC2(F)F)CCC1. The lowest BCUT2D eigenvalue weighted by molar-refractivity contribution is -0.0220. The van der Waals surface area contributed by atoms with Crippen LogP contribution in [0.2, 0.25) is 0 Å². The minimum atomic E-state index is -2.78. The Morgan fingerprint density at radius 3 is 2.16 bits per heavy atom. The number of alkyl halides is 2. The first kappa shape index (κ1) is 14.5. The highest BCUT2D eigenvalue weighted by molar-refractivity contribution is 5.69. The van der Waals surface area contributed by atoms with Crippen molar-refractivity contribution in [1.82, 2.24) is 5.32 Å². The van der Waals surface area contributed by atoms with E-state index in [1.165, 1.54) is 0 Å². The number of nitrogens with two attached hydrogens (primary N) is 1. The van der Waals surface area contributed by atoms with E-state index in [4.69, 9.17) is 10.5 Å². The van der Waals surface area contributed by atoms with E-state index in [0.717, 1.165) is 6.42 Å². The van der Waals surface area contributed by atoms with Gasteiger partial charge in [-0.1, -0.05) is 0 Å². The number of halogens is 2. The maximum absolute atomic E-state index is 13.7. The van der Waals surface area contributed by atoms with Gasteiger partial charge in [0.2, 0.25) is 0 Å². The molecule has 0 aromatic carbocycles. The van der Waals surface area contributed by atoms with E-state index >= 15 is 0 Å². The number of ether oxygens (including phenoxy) is 1. The molecule has 0 saturated heterocycles. The van der Waals surface area contributed by atoms with Gasteiger partial charge in [-0.05, 0) is 40.0 Å². The van der Waals surface area contributed by atoms with Gasteiger partial charge in [0.15, 0.2) is 0 Å². The molecular weight excluding hydrogens is 254 g/mol. The maximum atomic E-state index is 13.7. The fraction of sp³-hybridized carbons (Fsp3) is 0.923. The van der Waals surface area contributed by atoms with Gasteiger partial charge in [0.25, 0.3) is 5.92 Å². The van der Waals surface area contributed by atoms with Crippen molar-refractivity contribution in [2.24, 2.45) is 11.1 Å². The second kappa shape index (κ2) is 4.04. The van der Waals surface area contributed by atoms with Crippen molar-refractivity contribution in [3.05, 3.63) is 0 Å². The molecule has 110 valence electrons. The minimum Gasteiger partial charge on any atom is -0.444 e. The van der Waals surface area contributed by atoms with Crippen molar-refractivity contribution in [2.75, 3.05) is 6.54 Å². The molecule has 3 N–H and O–H groups in total. The first-order chi connectivity index (χ1) is 8.58. The van der Waals surface area contributed by atoms with Gasteiger partial charge in [-0.15, -0.1) is 0 Å². The van der Waals surface area contributed by atoms with E-state index in [2.05, 4.69) is 5.32 Å². The lowest BCUT2D eigenvalue weighted by Crippen LogP contribution is -2.63. The summed E-state index contributed by atoms with van der Waals surface area (Å²) in [6.45, 7) is 5.11. The third-order valence-electron chi connectivity index (χ3n) is 4.31. The number of carbonyl (C=O) groups excluding carboxylic acids is 1. The zero-order valence-corrected chi connectivity index (χ0v) is 11.7. The number of nitrogens with one attached hydrogen (secondary N) is 1. The molecule has 1 unspecified atom stereocenters. The van der Waals surface area contributed by atoms with Crippen LogP contribution in [0, 0.1) is 5.41 Å². The third kappa shape index (κ3) is 2.20. The number of carbonyl (C=O) groups is 1. The zero-order chi connectivity index (χ0) is 14.5. The second-order valence-electron chi connectivity index (χ2n) is 6.73. The van der Waals surface area contributed by atoms with Crippen LogP contribution in [0.3, 0.4) is 0 Å². The Labute approximate surface area is 112 Å². The van der Waals surface area contributed by atoms with Crippen molar-refractivity contribution in [3.8, 4) is 0 Å². The van der Waals surface area contributed by atoms with Gasteiger partial charge in [-0.3, -0.25) is 0 Å². The Morgan fingerprint density at radius 2 is 1.89 bits per heavy atom. The van der Waals surface area contributed by atoms with Crippen LogP contribution in [0.25, 0.3) is 0 Å². The highest BCUT2D eigenvalue weighted by atomic mass is 19.3. The summed E-state index contributed by atoms with van der Waals surface area (Å²) < 4.78 is 32.5. The summed E-state index contributed by atoms with van der Waals surface area (Å²) >= 11 is 0. The zero-order valence-electron chi connectivity index (χ0n) is 11.7. The number of hydrogen-bond donors (Lipinski definition) is 2. The summed E-state index contributed by atoms with van der Waals surface area (Å²) in [6, 6.07) is 0. The van der Waals surface area contributed by atoms with E-state index in [0.29, 0.717) is 12.8 Å². The van der Waals surface area contributed by atoms with Crippen LogP contribution < -0.4 is 11.1 Å². The van der Waals surface area contributed by atoms with Gasteiger partial charge < -0.3 is 15.8 Å². The Kier molecular flexibility index (Phi) is 3.08. The minimum absolute atomic E-state index is 0.115. The molecule has 2 aliphatic rings. The normalized spacial score (nSPS) is 31.3. The highest BCUT2D eigenvalue weighted by Crippen LogP contribution is 2.69. The average Bonchev–Trinajstić information content (AvgIpc) is 2.73. The van der Waals surface area contributed by atoms with Gasteiger partial charge >= 0.3 is 6.09 Å². The van der Waals surface area contributed by atoms with Gasteiger partial charge in [-0.25, -0.2) is 13.6 Å².